The Morgan fingerprint density at radius 2 is 2.03 bits per heavy atom. The van der Waals surface area contributed by atoms with Gasteiger partial charge in [0, 0.05) is 62.9 Å². The minimum Gasteiger partial charge on any atom is -0.368 e. The summed E-state index contributed by atoms with van der Waals surface area (Å²) in [6.45, 7) is 3.80. The monoisotopic (exact) mass is 441 g/mol. The molecule has 1 aromatic carbocycles. The molecule has 2 aliphatic heterocycles. The number of aliphatic imine (C=N–C) groups is 1. The van der Waals surface area contributed by atoms with Crippen LogP contribution in [0.1, 0.15) is 12.8 Å². The average Bonchev–Trinajstić information content (AvgIpc) is 3.03. The molecule has 1 atom stereocenters. The standard InChI is InChI=1S/C19H28ClN5O3S/c1-21-19(22-7-5-18(26)23-16-6-12-29(27,28)14-16)25-10-8-24(9-11-25)17-4-2-3-15(20)13-17/h2-4,13,16H,5-12,14H2,1H3,(H,21,22)(H,23,26). The third kappa shape index (κ3) is 6.24. The van der Waals surface area contributed by atoms with Crippen molar-refractivity contribution in [2.24, 2.45) is 4.99 Å². The Labute approximate surface area is 177 Å². The van der Waals surface area contributed by atoms with Crippen LogP contribution in [0.5, 0.6) is 0 Å². The van der Waals surface area contributed by atoms with Crippen molar-refractivity contribution in [1.29, 1.82) is 0 Å². The number of benzene rings is 1. The molecule has 1 unspecified atom stereocenters. The normalized spacial score (nSPS) is 21.9. The highest BCUT2D eigenvalue weighted by atomic mass is 35.5. The lowest BCUT2D eigenvalue weighted by Gasteiger charge is -2.37. The zero-order valence-electron chi connectivity index (χ0n) is 16.6. The molecule has 2 fully saturated rings. The summed E-state index contributed by atoms with van der Waals surface area (Å²) >= 11 is 6.09. The van der Waals surface area contributed by atoms with E-state index in [1.165, 1.54) is 0 Å². The van der Waals surface area contributed by atoms with Gasteiger partial charge in [-0.1, -0.05) is 17.7 Å². The van der Waals surface area contributed by atoms with Crippen LogP contribution in [0, 0.1) is 0 Å². The average molecular weight is 442 g/mol. The Bertz CT molecular complexity index is 853. The second-order valence-corrected chi connectivity index (χ2v) is 10.0. The Morgan fingerprint density at radius 1 is 1.28 bits per heavy atom. The van der Waals surface area contributed by atoms with Crippen LogP contribution in [0.25, 0.3) is 0 Å². The van der Waals surface area contributed by atoms with Gasteiger partial charge < -0.3 is 20.4 Å². The van der Waals surface area contributed by atoms with Gasteiger partial charge in [0.1, 0.15) is 0 Å². The van der Waals surface area contributed by atoms with Crippen LogP contribution in [0.3, 0.4) is 0 Å². The number of hydrogen-bond acceptors (Lipinski definition) is 5. The van der Waals surface area contributed by atoms with E-state index in [1.54, 1.807) is 7.05 Å². The summed E-state index contributed by atoms with van der Waals surface area (Å²) in [6.07, 6.45) is 0.776. The smallest absolute Gasteiger partial charge is 0.222 e. The Morgan fingerprint density at radius 3 is 2.66 bits per heavy atom. The Kier molecular flexibility index (Phi) is 7.23. The Balaban J connectivity index is 1.40. The molecule has 8 nitrogen and oxygen atoms in total. The van der Waals surface area contributed by atoms with E-state index in [9.17, 15) is 13.2 Å². The molecule has 2 heterocycles. The zero-order valence-corrected chi connectivity index (χ0v) is 18.2. The summed E-state index contributed by atoms with van der Waals surface area (Å²) in [5.41, 5.74) is 1.12. The van der Waals surface area contributed by atoms with E-state index in [0.29, 0.717) is 13.0 Å². The minimum absolute atomic E-state index is 0.0464. The minimum atomic E-state index is -2.99. The van der Waals surface area contributed by atoms with Crippen molar-refractivity contribution in [2.75, 3.05) is 56.2 Å². The molecule has 0 aromatic heterocycles. The third-order valence-electron chi connectivity index (χ3n) is 5.20. The summed E-state index contributed by atoms with van der Waals surface area (Å²) in [7, 11) is -1.26. The van der Waals surface area contributed by atoms with Gasteiger partial charge in [0.2, 0.25) is 5.91 Å². The maximum atomic E-state index is 12.1. The molecule has 3 rings (SSSR count). The maximum absolute atomic E-state index is 12.1. The van der Waals surface area contributed by atoms with E-state index in [0.717, 1.165) is 42.8 Å². The van der Waals surface area contributed by atoms with Gasteiger partial charge in [-0.2, -0.15) is 0 Å². The molecule has 1 aromatic rings. The third-order valence-corrected chi connectivity index (χ3v) is 7.20. The molecular formula is C19H28ClN5O3S. The highest BCUT2D eigenvalue weighted by molar-refractivity contribution is 7.91. The molecular weight excluding hydrogens is 414 g/mol. The first kappa shape index (κ1) is 21.7. The number of guanidine groups is 1. The van der Waals surface area contributed by atoms with Crippen molar-refractivity contribution in [1.82, 2.24) is 15.5 Å². The van der Waals surface area contributed by atoms with Crippen molar-refractivity contribution in [3.8, 4) is 0 Å². The van der Waals surface area contributed by atoms with E-state index < -0.39 is 9.84 Å². The lowest BCUT2D eigenvalue weighted by molar-refractivity contribution is -0.121. The van der Waals surface area contributed by atoms with E-state index in [2.05, 4.69) is 31.5 Å². The van der Waals surface area contributed by atoms with Gasteiger partial charge in [-0.05, 0) is 24.6 Å². The number of amides is 1. The highest BCUT2D eigenvalue weighted by Gasteiger charge is 2.28. The number of nitrogens with one attached hydrogen (secondary N) is 2. The molecule has 0 bridgehead atoms. The number of nitrogens with zero attached hydrogens (tertiary/aromatic N) is 3. The van der Waals surface area contributed by atoms with Crippen molar-refractivity contribution in [3.05, 3.63) is 29.3 Å². The predicted octanol–water partition coefficient (Wildman–Crippen LogP) is 0.731. The van der Waals surface area contributed by atoms with E-state index in [1.807, 2.05) is 18.2 Å². The molecule has 2 saturated heterocycles. The number of carbonyl (C=O) groups excluding carboxylic acids is 1. The van der Waals surface area contributed by atoms with Gasteiger partial charge in [0.05, 0.1) is 11.5 Å². The largest absolute Gasteiger partial charge is 0.368 e. The summed E-state index contributed by atoms with van der Waals surface area (Å²) in [4.78, 5) is 20.8. The number of sulfone groups is 1. The van der Waals surface area contributed by atoms with Crippen LogP contribution >= 0.6 is 11.6 Å². The van der Waals surface area contributed by atoms with Gasteiger partial charge in [-0.15, -0.1) is 0 Å². The fourth-order valence-corrected chi connectivity index (χ4v) is 5.54. The van der Waals surface area contributed by atoms with Crippen LogP contribution in [0.2, 0.25) is 5.02 Å². The molecule has 0 saturated carbocycles. The summed E-state index contributed by atoms with van der Waals surface area (Å²) in [5.74, 6) is 0.835. The first-order valence-electron chi connectivity index (χ1n) is 9.82. The van der Waals surface area contributed by atoms with Gasteiger partial charge >= 0.3 is 0 Å². The number of piperazine rings is 1. The molecule has 2 N–H and O–H groups in total. The van der Waals surface area contributed by atoms with Crippen molar-refractivity contribution < 1.29 is 13.2 Å². The van der Waals surface area contributed by atoms with Crippen molar-refractivity contribution >= 4 is 39.0 Å². The molecule has 29 heavy (non-hydrogen) atoms. The maximum Gasteiger partial charge on any atom is 0.222 e. The fourth-order valence-electron chi connectivity index (χ4n) is 3.68. The van der Waals surface area contributed by atoms with Crippen LogP contribution in [-0.4, -0.2) is 82.5 Å². The van der Waals surface area contributed by atoms with Crippen LogP contribution in [-0.2, 0) is 14.6 Å². The molecule has 0 spiro atoms. The van der Waals surface area contributed by atoms with Gasteiger partial charge in [0.15, 0.2) is 15.8 Å². The van der Waals surface area contributed by atoms with Crippen molar-refractivity contribution in [3.63, 3.8) is 0 Å². The quantitative estimate of drug-likeness (QED) is 0.517. The van der Waals surface area contributed by atoms with E-state index in [4.69, 9.17) is 11.6 Å². The lowest BCUT2D eigenvalue weighted by Crippen LogP contribution is -2.53. The first-order chi connectivity index (χ1) is 13.9. The van der Waals surface area contributed by atoms with Gasteiger partial charge in [-0.3, -0.25) is 9.79 Å². The van der Waals surface area contributed by atoms with E-state index in [-0.39, 0.29) is 29.9 Å². The first-order valence-corrected chi connectivity index (χ1v) is 12.0. The second kappa shape index (κ2) is 9.67. The summed E-state index contributed by atoms with van der Waals surface area (Å²) in [5, 5.41) is 6.77. The van der Waals surface area contributed by atoms with Crippen LogP contribution in [0.4, 0.5) is 5.69 Å². The summed E-state index contributed by atoms with van der Waals surface area (Å²) in [6, 6.07) is 7.60. The molecule has 0 radical (unpaired) electrons. The summed E-state index contributed by atoms with van der Waals surface area (Å²) < 4.78 is 23.0. The molecule has 10 heteroatoms. The predicted molar refractivity (Wildman–Crippen MR) is 116 cm³/mol. The number of hydrogen-bond donors (Lipinski definition) is 2. The molecule has 160 valence electrons. The molecule has 1 amide bonds. The topological polar surface area (TPSA) is 94.1 Å². The van der Waals surface area contributed by atoms with Crippen LogP contribution < -0.4 is 15.5 Å². The number of anilines is 1. The molecule has 2 aliphatic rings. The molecule has 0 aliphatic carbocycles. The number of carbonyl (C=O) groups is 1. The number of rotatable bonds is 5. The van der Waals surface area contributed by atoms with Gasteiger partial charge in [-0.25, -0.2) is 8.42 Å². The van der Waals surface area contributed by atoms with Gasteiger partial charge in [0.25, 0.3) is 0 Å². The van der Waals surface area contributed by atoms with Crippen LogP contribution in [0.15, 0.2) is 29.3 Å². The zero-order chi connectivity index (χ0) is 20.9. The fraction of sp³-hybridized carbons (Fsp3) is 0.579. The second-order valence-electron chi connectivity index (χ2n) is 7.35. The SMILES string of the molecule is CN=C(NCCC(=O)NC1CCS(=O)(=O)C1)N1CCN(c2cccc(Cl)c2)CC1. The Hall–Kier alpha value is -2.00. The number of halogens is 1. The van der Waals surface area contributed by atoms with E-state index >= 15 is 0 Å². The lowest BCUT2D eigenvalue weighted by atomic mass is 10.2. The van der Waals surface area contributed by atoms with Crippen molar-refractivity contribution in [2.45, 2.75) is 18.9 Å². The highest BCUT2D eigenvalue weighted by Crippen LogP contribution is 2.20.